The quantitative estimate of drug-likeness (QED) is 0.785. The van der Waals surface area contributed by atoms with Gasteiger partial charge in [0, 0.05) is 12.7 Å². The van der Waals surface area contributed by atoms with Crippen molar-refractivity contribution in [3.05, 3.63) is 29.6 Å². The third kappa shape index (κ3) is 3.77. The summed E-state index contributed by atoms with van der Waals surface area (Å²) in [5.41, 5.74) is 1.98. The maximum absolute atomic E-state index is 11.3. The van der Waals surface area contributed by atoms with Gasteiger partial charge in [0.1, 0.15) is 0 Å². The number of carbonyl (C=O) groups is 1. The molecule has 0 bridgehead atoms. The molecule has 2 heterocycles. The summed E-state index contributed by atoms with van der Waals surface area (Å²) in [6.45, 7) is 7.75. The van der Waals surface area contributed by atoms with Crippen molar-refractivity contribution in [1.29, 1.82) is 0 Å². The highest BCUT2D eigenvalue weighted by Gasteiger charge is 2.25. The molecule has 1 aromatic heterocycles. The third-order valence-corrected chi connectivity index (χ3v) is 3.84. The van der Waals surface area contributed by atoms with Gasteiger partial charge in [-0.25, -0.2) is 4.79 Å². The number of likely N-dealkylation sites (tertiary alicyclic amines) is 1. The van der Waals surface area contributed by atoms with Crippen LogP contribution >= 0.6 is 0 Å². The van der Waals surface area contributed by atoms with Crippen molar-refractivity contribution in [3.63, 3.8) is 0 Å². The number of pyridine rings is 1. The molecule has 1 aliphatic heterocycles. The standard InChI is InChI=1S/C15H22N2O2/c1-15(2)6-8-17(9-7-15)11-13-5-4-12(10-16-13)14(18)19-3/h4-5,10H,6-9,11H2,1-3H3. The van der Waals surface area contributed by atoms with E-state index in [1.165, 1.54) is 20.0 Å². The molecule has 4 heteroatoms. The van der Waals surface area contributed by atoms with E-state index in [0.29, 0.717) is 11.0 Å². The van der Waals surface area contributed by atoms with Crippen molar-refractivity contribution in [2.24, 2.45) is 5.41 Å². The minimum absolute atomic E-state index is 0.334. The summed E-state index contributed by atoms with van der Waals surface area (Å²) in [6, 6.07) is 3.69. The lowest BCUT2D eigenvalue weighted by Gasteiger charge is -2.36. The highest BCUT2D eigenvalue weighted by atomic mass is 16.5. The molecule has 1 aliphatic rings. The van der Waals surface area contributed by atoms with Gasteiger partial charge in [0.2, 0.25) is 0 Å². The van der Waals surface area contributed by atoms with Crippen LogP contribution in [0.15, 0.2) is 18.3 Å². The van der Waals surface area contributed by atoms with Gasteiger partial charge in [-0.2, -0.15) is 0 Å². The van der Waals surface area contributed by atoms with Gasteiger partial charge < -0.3 is 4.74 Å². The summed E-state index contributed by atoms with van der Waals surface area (Å²) in [5, 5.41) is 0. The molecule has 0 spiro atoms. The van der Waals surface area contributed by atoms with Gasteiger partial charge in [-0.3, -0.25) is 9.88 Å². The van der Waals surface area contributed by atoms with Gasteiger partial charge in [-0.1, -0.05) is 13.8 Å². The first-order chi connectivity index (χ1) is 9.00. The zero-order valence-electron chi connectivity index (χ0n) is 12.0. The normalized spacial score (nSPS) is 19.1. The Bertz CT molecular complexity index is 430. The number of piperidine rings is 1. The summed E-state index contributed by atoms with van der Waals surface area (Å²) in [4.78, 5) is 18.1. The second kappa shape index (κ2) is 5.70. The van der Waals surface area contributed by atoms with Gasteiger partial charge in [-0.05, 0) is 43.5 Å². The molecule has 0 saturated carbocycles. The van der Waals surface area contributed by atoms with Crippen LogP contribution in [0.1, 0.15) is 42.7 Å². The van der Waals surface area contributed by atoms with Crippen LogP contribution in [0, 0.1) is 5.41 Å². The number of hydrogen-bond donors (Lipinski definition) is 0. The number of hydrogen-bond acceptors (Lipinski definition) is 4. The zero-order valence-corrected chi connectivity index (χ0v) is 12.0. The molecule has 0 unspecified atom stereocenters. The van der Waals surface area contributed by atoms with Gasteiger partial charge in [-0.15, -0.1) is 0 Å². The average molecular weight is 262 g/mol. The highest BCUT2D eigenvalue weighted by Crippen LogP contribution is 2.30. The first kappa shape index (κ1) is 14.0. The third-order valence-electron chi connectivity index (χ3n) is 3.84. The van der Waals surface area contributed by atoms with Crippen molar-refractivity contribution < 1.29 is 9.53 Å². The number of rotatable bonds is 3. The van der Waals surface area contributed by atoms with Crippen molar-refractivity contribution in [1.82, 2.24) is 9.88 Å². The lowest BCUT2D eigenvalue weighted by molar-refractivity contribution is 0.0600. The largest absolute Gasteiger partial charge is 0.465 e. The molecule has 1 saturated heterocycles. The first-order valence-electron chi connectivity index (χ1n) is 6.76. The molecule has 0 aromatic carbocycles. The van der Waals surface area contributed by atoms with Crippen LogP contribution in [0.5, 0.6) is 0 Å². The molecule has 0 atom stereocenters. The zero-order chi connectivity index (χ0) is 13.9. The second-order valence-electron chi connectivity index (χ2n) is 5.97. The maximum Gasteiger partial charge on any atom is 0.339 e. The first-order valence-corrected chi connectivity index (χ1v) is 6.76. The Hall–Kier alpha value is -1.42. The van der Waals surface area contributed by atoms with E-state index >= 15 is 0 Å². The molecule has 19 heavy (non-hydrogen) atoms. The van der Waals surface area contributed by atoms with E-state index in [2.05, 4.69) is 28.5 Å². The average Bonchev–Trinajstić information content (AvgIpc) is 2.41. The number of methoxy groups -OCH3 is 1. The Morgan fingerprint density at radius 3 is 2.58 bits per heavy atom. The van der Waals surface area contributed by atoms with E-state index in [0.717, 1.165) is 25.3 Å². The summed E-state index contributed by atoms with van der Waals surface area (Å²) in [7, 11) is 1.38. The molecule has 0 amide bonds. The fourth-order valence-corrected chi connectivity index (χ4v) is 2.30. The summed E-state index contributed by atoms with van der Waals surface area (Å²) in [6.07, 6.45) is 4.05. The van der Waals surface area contributed by atoms with E-state index in [9.17, 15) is 4.79 Å². The summed E-state index contributed by atoms with van der Waals surface area (Å²) < 4.78 is 4.66. The van der Waals surface area contributed by atoms with Crippen molar-refractivity contribution in [2.45, 2.75) is 33.2 Å². The van der Waals surface area contributed by atoms with E-state index < -0.39 is 0 Å². The Morgan fingerprint density at radius 2 is 2.05 bits per heavy atom. The van der Waals surface area contributed by atoms with Gasteiger partial charge >= 0.3 is 5.97 Å². The number of ether oxygens (including phenoxy) is 1. The lowest BCUT2D eigenvalue weighted by atomic mass is 9.83. The Labute approximate surface area is 114 Å². The predicted molar refractivity (Wildman–Crippen MR) is 73.9 cm³/mol. The molecule has 1 aromatic rings. The molecule has 4 nitrogen and oxygen atoms in total. The molecule has 1 fully saturated rings. The number of carbonyl (C=O) groups excluding carboxylic acids is 1. The lowest BCUT2D eigenvalue weighted by Crippen LogP contribution is -2.36. The summed E-state index contributed by atoms with van der Waals surface area (Å²) in [5.74, 6) is -0.334. The van der Waals surface area contributed by atoms with Crippen LogP contribution in [-0.4, -0.2) is 36.1 Å². The van der Waals surface area contributed by atoms with Crippen LogP contribution in [0.4, 0.5) is 0 Å². The maximum atomic E-state index is 11.3. The molecule has 104 valence electrons. The summed E-state index contributed by atoms with van der Waals surface area (Å²) >= 11 is 0. The van der Waals surface area contributed by atoms with Gasteiger partial charge in [0.25, 0.3) is 0 Å². The van der Waals surface area contributed by atoms with E-state index in [1.807, 2.05) is 6.07 Å². The number of esters is 1. The fraction of sp³-hybridized carbons (Fsp3) is 0.600. The van der Waals surface area contributed by atoms with Crippen LogP contribution in [0.3, 0.4) is 0 Å². The van der Waals surface area contributed by atoms with E-state index in [4.69, 9.17) is 0 Å². The molecule has 0 N–H and O–H groups in total. The van der Waals surface area contributed by atoms with Crippen LogP contribution in [-0.2, 0) is 11.3 Å². The molecule has 0 radical (unpaired) electrons. The monoisotopic (exact) mass is 262 g/mol. The Kier molecular flexibility index (Phi) is 4.20. The second-order valence-corrected chi connectivity index (χ2v) is 5.97. The van der Waals surface area contributed by atoms with Crippen molar-refractivity contribution in [2.75, 3.05) is 20.2 Å². The van der Waals surface area contributed by atoms with Crippen molar-refractivity contribution >= 4 is 5.97 Å². The number of aromatic nitrogens is 1. The minimum atomic E-state index is -0.334. The van der Waals surface area contributed by atoms with Crippen molar-refractivity contribution in [3.8, 4) is 0 Å². The highest BCUT2D eigenvalue weighted by molar-refractivity contribution is 5.88. The fourth-order valence-electron chi connectivity index (χ4n) is 2.30. The molecule has 2 rings (SSSR count). The number of nitrogens with zero attached hydrogens (tertiary/aromatic N) is 2. The van der Waals surface area contributed by atoms with Gasteiger partial charge in [0.05, 0.1) is 18.4 Å². The van der Waals surface area contributed by atoms with Crippen LogP contribution < -0.4 is 0 Å². The molecular formula is C15H22N2O2. The molecule has 0 aliphatic carbocycles. The van der Waals surface area contributed by atoms with Crippen LogP contribution in [0.2, 0.25) is 0 Å². The van der Waals surface area contributed by atoms with E-state index in [-0.39, 0.29) is 5.97 Å². The predicted octanol–water partition coefficient (Wildman–Crippen LogP) is 2.49. The Morgan fingerprint density at radius 1 is 1.37 bits per heavy atom. The smallest absolute Gasteiger partial charge is 0.339 e. The van der Waals surface area contributed by atoms with Crippen LogP contribution in [0.25, 0.3) is 0 Å². The molecular weight excluding hydrogens is 240 g/mol. The van der Waals surface area contributed by atoms with Gasteiger partial charge in [0.15, 0.2) is 0 Å². The topological polar surface area (TPSA) is 42.4 Å². The van der Waals surface area contributed by atoms with E-state index in [1.54, 1.807) is 12.3 Å². The minimum Gasteiger partial charge on any atom is -0.465 e. The Balaban J connectivity index is 1.92. The SMILES string of the molecule is COC(=O)c1ccc(CN2CCC(C)(C)CC2)nc1.